The van der Waals surface area contributed by atoms with Gasteiger partial charge in [0.2, 0.25) is 5.91 Å². The van der Waals surface area contributed by atoms with Crippen molar-refractivity contribution in [2.45, 2.75) is 25.6 Å². The lowest BCUT2D eigenvalue weighted by Crippen LogP contribution is -2.54. The minimum absolute atomic E-state index is 0.220. The second kappa shape index (κ2) is 11.7. The van der Waals surface area contributed by atoms with E-state index in [-0.39, 0.29) is 18.2 Å². The zero-order valence-corrected chi connectivity index (χ0v) is 22.8. The van der Waals surface area contributed by atoms with Crippen molar-refractivity contribution in [3.05, 3.63) is 101 Å². The van der Waals surface area contributed by atoms with Gasteiger partial charge in [-0.1, -0.05) is 42.5 Å². The van der Waals surface area contributed by atoms with E-state index in [2.05, 4.69) is 5.48 Å². The Kier molecular flexibility index (Phi) is 8.03. The zero-order valence-electron chi connectivity index (χ0n) is 22.8. The van der Waals surface area contributed by atoms with Crippen LogP contribution in [0.4, 0.5) is 18.9 Å². The molecular weight excluding hydrogens is 533 g/mol. The molecule has 7 nitrogen and oxygen atoms in total. The second-order valence-corrected chi connectivity index (χ2v) is 10.1. The van der Waals surface area contributed by atoms with Gasteiger partial charge in [0.25, 0.3) is 5.91 Å². The highest BCUT2D eigenvalue weighted by molar-refractivity contribution is 5.99. The van der Waals surface area contributed by atoms with Crippen molar-refractivity contribution in [3.63, 3.8) is 0 Å². The summed E-state index contributed by atoms with van der Waals surface area (Å²) < 4.78 is 39.5. The molecule has 2 aliphatic heterocycles. The molecule has 2 aliphatic rings. The van der Waals surface area contributed by atoms with E-state index in [9.17, 15) is 22.8 Å². The Morgan fingerprint density at radius 1 is 0.927 bits per heavy atom. The van der Waals surface area contributed by atoms with Crippen LogP contribution in [0.25, 0.3) is 11.1 Å². The van der Waals surface area contributed by atoms with E-state index in [4.69, 9.17) is 4.84 Å². The molecule has 5 rings (SSSR count). The molecule has 2 heterocycles. The molecule has 1 N–H and O–H groups in total. The predicted octanol–water partition coefficient (Wildman–Crippen LogP) is 5.24. The summed E-state index contributed by atoms with van der Waals surface area (Å²) in [4.78, 5) is 37.2. The lowest BCUT2D eigenvalue weighted by Gasteiger charge is -2.38. The Morgan fingerprint density at radius 3 is 2.29 bits per heavy atom. The van der Waals surface area contributed by atoms with E-state index < -0.39 is 17.8 Å². The molecule has 0 spiro atoms. The Balaban J connectivity index is 1.29. The Bertz CT molecular complexity index is 1450. The molecule has 0 bridgehead atoms. The van der Waals surface area contributed by atoms with Gasteiger partial charge >= 0.3 is 6.18 Å². The molecule has 0 radical (unpaired) electrons. The number of benzene rings is 3. The van der Waals surface area contributed by atoms with Crippen LogP contribution in [-0.2, 0) is 15.8 Å². The third-order valence-corrected chi connectivity index (χ3v) is 7.51. The fourth-order valence-electron chi connectivity index (χ4n) is 5.34. The van der Waals surface area contributed by atoms with Crippen molar-refractivity contribution in [1.29, 1.82) is 0 Å². The number of hydrogen-bond donors (Lipinski definition) is 1. The van der Waals surface area contributed by atoms with Crippen LogP contribution in [0.15, 0.2) is 84.7 Å². The molecule has 3 aromatic carbocycles. The molecule has 1 saturated heterocycles. The number of alkyl halides is 3. The number of carbonyl (C=O) groups is 2. The SMILES string of the molecule is CONC1=CN(C(=O)c2ccc(-c3ccccc3C)cc2)C(C(=O)N2CCN(c3cccc(C(F)(F)F)c3)CC2)C1. The van der Waals surface area contributed by atoms with Gasteiger partial charge < -0.3 is 14.7 Å². The summed E-state index contributed by atoms with van der Waals surface area (Å²) in [6.07, 6.45) is -2.57. The molecule has 0 saturated carbocycles. The number of piperazine rings is 1. The average molecular weight is 565 g/mol. The van der Waals surface area contributed by atoms with E-state index in [0.29, 0.717) is 43.1 Å². The smallest absolute Gasteiger partial charge is 0.368 e. The number of anilines is 1. The molecule has 0 aromatic heterocycles. The maximum atomic E-state index is 13.7. The molecule has 41 heavy (non-hydrogen) atoms. The molecule has 1 fully saturated rings. The van der Waals surface area contributed by atoms with Crippen LogP contribution in [0.3, 0.4) is 0 Å². The maximum absolute atomic E-state index is 13.7. The van der Waals surface area contributed by atoms with Gasteiger partial charge in [-0.25, -0.2) is 0 Å². The minimum Gasteiger partial charge on any atom is -0.368 e. The molecule has 1 unspecified atom stereocenters. The topological polar surface area (TPSA) is 65.1 Å². The molecular formula is C31H31F3N4O3. The first-order chi connectivity index (χ1) is 19.7. The number of aryl methyl sites for hydroxylation is 1. The van der Waals surface area contributed by atoms with Gasteiger partial charge in [-0.3, -0.25) is 19.9 Å². The van der Waals surface area contributed by atoms with Crippen molar-refractivity contribution >= 4 is 17.5 Å². The van der Waals surface area contributed by atoms with Gasteiger partial charge in [-0.15, -0.1) is 0 Å². The number of nitrogens with zero attached hydrogens (tertiary/aromatic N) is 3. The second-order valence-electron chi connectivity index (χ2n) is 10.1. The van der Waals surface area contributed by atoms with Gasteiger partial charge in [0.05, 0.1) is 18.4 Å². The molecule has 214 valence electrons. The van der Waals surface area contributed by atoms with E-state index in [1.54, 1.807) is 29.3 Å². The predicted molar refractivity (Wildman–Crippen MR) is 150 cm³/mol. The van der Waals surface area contributed by atoms with Crippen LogP contribution in [0.2, 0.25) is 0 Å². The van der Waals surface area contributed by atoms with Crippen molar-refractivity contribution < 1.29 is 27.6 Å². The van der Waals surface area contributed by atoms with Crippen molar-refractivity contribution in [2.75, 3.05) is 38.2 Å². The van der Waals surface area contributed by atoms with Crippen LogP contribution in [0.5, 0.6) is 0 Å². The van der Waals surface area contributed by atoms with Crippen molar-refractivity contribution in [2.24, 2.45) is 0 Å². The summed E-state index contributed by atoms with van der Waals surface area (Å²) in [7, 11) is 1.46. The summed E-state index contributed by atoms with van der Waals surface area (Å²) in [5.41, 5.74) is 6.75. The fraction of sp³-hybridized carbons (Fsp3) is 0.290. The lowest BCUT2D eigenvalue weighted by molar-refractivity contribution is -0.137. The highest BCUT2D eigenvalue weighted by atomic mass is 19.4. The minimum atomic E-state index is -4.42. The summed E-state index contributed by atoms with van der Waals surface area (Å²) in [5, 5.41) is 0. The third kappa shape index (κ3) is 6.07. The number of nitrogens with one attached hydrogen (secondary N) is 1. The summed E-state index contributed by atoms with van der Waals surface area (Å²) >= 11 is 0. The van der Waals surface area contributed by atoms with Crippen LogP contribution < -0.4 is 10.4 Å². The quantitative estimate of drug-likeness (QED) is 0.415. The Morgan fingerprint density at radius 2 is 1.63 bits per heavy atom. The first-order valence-corrected chi connectivity index (χ1v) is 13.3. The fourth-order valence-corrected chi connectivity index (χ4v) is 5.34. The van der Waals surface area contributed by atoms with Crippen LogP contribution in [0.1, 0.15) is 27.9 Å². The van der Waals surface area contributed by atoms with Gasteiger partial charge in [0.1, 0.15) is 6.04 Å². The summed E-state index contributed by atoms with van der Waals surface area (Å²) in [6, 6.07) is 19.8. The molecule has 2 amide bonds. The number of amides is 2. The zero-order chi connectivity index (χ0) is 29.1. The van der Waals surface area contributed by atoms with Crippen LogP contribution in [-0.4, -0.2) is 60.9 Å². The van der Waals surface area contributed by atoms with Crippen molar-refractivity contribution in [1.82, 2.24) is 15.3 Å². The maximum Gasteiger partial charge on any atom is 0.416 e. The van der Waals surface area contributed by atoms with E-state index >= 15 is 0 Å². The number of halogens is 3. The van der Waals surface area contributed by atoms with E-state index in [1.165, 1.54) is 18.1 Å². The van der Waals surface area contributed by atoms with Crippen LogP contribution >= 0.6 is 0 Å². The normalized spacial score (nSPS) is 17.4. The third-order valence-electron chi connectivity index (χ3n) is 7.51. The highest BCUT2D eigenvalue weighted by Gasteiger charge is 2.39. The summed E-state index contributed by atoms with van der Waals surface area (Å²) in [6.45, 7) is 3.44. The molecule has 10 heteroatoms. The van der Waals surface area contributed by atoms with E-state index in [0.717, 1.165) is 28.8 Å². The Labute approximate surface area is 236 Å². The first-order valence-electron chi connectivity index (χ1n) is 13.3. The van der Waals surface area contributed by atoms with Gasteiger partial charge in [0.15, 0.2) is 0 Å². The lowest BCUT2D eigenvalue weighted by atomic mass is 9.99. The van der Waals surface area contributed by atoms with Crippen molar-refractivity contribution in [3.8, 4) is 11.1 Å². The number of carbonyl (C=O) groups excluding carboxylic acids is 2. The van der Waals surface area contributed by atoms with Crippen LogP contribution in [0, 0.1) is 6.92 Å². The molecule has 0 aliphatic carbocycles. The largest absolute Gasteiger partial charge is 0.416 e. The monoisotopic (exact) mass is 564 g/mol. The number of hydrogen-bond acceptors (Lipinski definition) is 5. The first kappa shape index (κ1) is 28.2. The molecule has 1 atom stereocenters. The van der Waals surface area contributed by atoms with Gasteiger partial charge in [-0.2, -0.15) is 13.2 Å². The average Bonchev–Trinajstić information content (AvgIpc) is 3.40. The Hall–Kier alpha value is -4.31. The molecule has 3 aromatic rings. The van der Waals surface area contributed by atoms with Gasteiger partial charge in [-0.05, 0) is 53.9 Å². The van der Waals surface area contributed by atoms with Gasteiger partial charge in [0, 0.05) is 50.1 Å². The number of rotatable bonds is 6. The highest BCUT2D eigenvalue weighted by Crippen LogP contribution is 2.32. The summed E-state index contributed by atoms with van der Waals surface area (Å²) in [5.74, 6) is -0.530. The van der Waals surface area contributed by atoms with E-state index in [1.807, 2.05) is 48.2 Å². The standard InChI is InChI=1S/C31H31F3N4O3/c1-21-6-3-4-9-27(21)22-10-12-23(13-11-22)29(39)38-20-25(35-41-2)19-28(38)30(40)37-16-14-36(15-17-37)26-8-5-7-24(18-26)31(32,33)34/h3-13,18,20,28,35H,14-17,19H2,1-2H3. The number of hydroxylamine groups is 1.